The quantitative estimate of drug-likeness (QED) is 0.343. The van der Waals surface area contributed by atoms with Crippen molar-refractivity contribution in [3.8, 4) is 0 Å². The molecule has 3 aromatic carbocycles. The number of thioether (sulfide) groups is 1. The maximum absolute atomic E-state index is 13.4. The van der Waals surface area contributed by atoms with Crippen LogP contribution in [0.1, 0.15) is 11.1 Å². The van der Waals surface area contributed by atoms with Crippen LogP contribution >= 0.6 is 46.6 Å². The molecule has 0 unspecified atom stereocenters. The van der Waals surface area contributed by atoms with Gasteiger partial charge in [-0.2, -0.15) is 0 Å². The van der Waals surface area contributed by atoms with Crippen LogP contribution in [-0.4, -0.2) is 22.7 Å². The van der Waals surface area contributed by atoms with E-state index in [1.807, 2.05) is 31.2 Å². The smallest absolute Gasteiger partial charge is 0.283 e. The zero-order valence-corrected chi connectivity index (χ0v) is 21.3. The van der Waals surface area contributed by atoms with Gasteiger partial charge in [0.05, 0.1) is 26.5 Å². The summed E-state index contributed by atoms with van der Waals surface area (Å²) in [6.45, 7) is 1.95. The second-order valence-corrected chi connectivity index (χ2v) is 9.70. The van der Waals surface area contributed by atoms with E-state index in [9.17, 15) is 14.0 Å². The highest BCUT2D eigenvalue weighted by Crippen LogP contribution is 2.31. The van der Waals surface area contributed by atoms with Crippen molar-refractivity contribution >= 4 is 81.0 Å². The molecule has 0 fully saturated rings. The maximum atomic E-state index is 13.4. The summed E-state index contributed by atoms with van der Waals surface area (Å²) in [7, 11) is 0. The van der Waals surface area contributed by atoms with Crippen molar-refractivity contribution in [3.63, 3.8) is 0 Å². The van der Waals surface area contributed by atoms with E-state index in [0.717, 1.165) is 17.3 Å². The van der Waals surface area contributed by atoms with Gasteiger partial charge in [0.25, 0.3) is 5.91 Å². The standard InChI is InChI=1S/C25H17Cl3FN3O2S/c1-14-2-6-17(7-3-14)32-24(34)22(11-15-4-8-18(26)19(27)10-15)31-25(32)35-13-23(33)30-16-5-9-21(29)20(28)12-16/h2-12H,13H2,1H3,(H,30,33). The third-order valence-corrected chi connectivity index (χ3v) is 6.87. The van der Waals surface area contributed by atoms with Gasteiger partial charge < -0.3 is 5.32 Å². The van der Waals surface area contributed by atoms with Crippen LogP contribution in [0.5, 0.6) is 0 Å². The molecule has 4 rings (SSSR count). The van der Waals surface area contributed by atoms with Crippen LogP contribution in [0.2, 0.25) is 15.1 Å². The van der Waals surface area contributed by atoms with Crippen LogP contribution in [0, 0.1) is 12.7 Å². The number of hydrogen-bond acceptors (Lipinski definition) is 4. The molecule has 10 heteroatoms. The summed E-state index contributed by atoms with van der Waals surface area (Å²) in [5, 5.41) is 3.67. The molecular formula is C25H17Cl3FN3O2S. The molecule has 1 aliphatic rings. The number of rotatable bonds is 5. The average molecular weight is 549 g/mol. The summed E-state index contributed by atoms with van der Waals surface area (Å²) in [5.74, 6) is -1.32. The Morgan fingerprint density at radius 3 is 2.46 bits per heavy atom. The minimum Gasteiger partial charge on any atom is -0.325 e. The number of aryl methyl sites for hydroxylation is 1. The monoisotopic (exact) mass is 547 g/mol. The molecule has 1 aliphatic heterocycles. The third kappa shape index (κ3) is 6.05. The fourth-order valence-corrected chi connectivity index (χ4v) is 4.48. The topological polar surface area (TPSA) is 61.8 Å². The normalized spacial score (nSPS) is 14.4. The predicted molar refractivity (Wildman–Crippen MR) is 143 cm³/mol. The predicted octanol–water partition coefficient (Wildman–Crippen LogP) is 7.21. The Hall–Kier alpha value is -2.84. The first-order valence-corrected chi connectivity index (χ1v) is 12.4. The molecule has 0 saturated carbocycles. The summed E-state index contributed by atoms with van der Waals surface area (Å²) in [6.07, 6.45) is 1.61. The summed E-state index contributed by atoms with van der Waals surface area (Å²) in [5.41, 5.74) is 2.87. The number of aliphatic imine (C=N–C) groups is 1. The van der Waals surface area contributed by atoms with Crippen LogP contribution in [-0.2, 0) is 9.59 Å². The average Bonchev–Trinajstić information content (AvgIpc) is 3.13. The first-order valence-electron chi connectivity index (χ1n) is 10.3. The molecule has 0 saturated heterocycles. The van der Waals surface area contributed by atoms with Gasteiger partial charge in [0.1, 0.15) is 11.5 Å². The van der Waals surface area contributed by atoms with Gasteiger partial charge in [-0.05, 0) is 61.0 Å². The van der Waals surface area contributed by atoms with Crippen molar-refractivity contribution < 1.29 is 14.0 Å². The number of hydrogen-bond donors (Lipinski definition) is 1. The van der Waals surface area contributed by atoms with Crippen molar-refractivity contribution in [2.45, 2.75) is 6.92 Å². The summed E-state index contributed by atoms with van der Waals surface area (Å²) in [4.78, 5) is 31.7. The molecule has 0 aliphatic carbocycles. The Morgan fingerprint density at radius 1 is 1.03 bits per heavy atom. The SMILES string of the molecule is Cc1ccc(N2C(=O)C(=Cc3ccc(Cl)c(Cl)c3)N=C2SCC(=O)Nc2ccc(F)c(Cl)c2)cc1. The number of nitrogens with one attached hydrogen (secondary N) is 1. The lowest BCUT2D eigenvalue weighted by molar-refractivity contribution is -0.114. The highest BCUT2D eigenvalue weighted by Gasteiger charge is 2.32. The van der Waals surface area contributed by atoms with E-state index >= 15 is 0 Å². The molecule has 0 spiro atoms. The fraction of sp³-hybridized carbons (Fsp3) is 0.0800. The van der Waals surface area contributed by atoms with Crippen molar-refractivity contribution in [3.05, 3.63) is 98.4 Å². The Morgan fingerprint density at radius 2 is 1.77 bits per heavy atom. The second-order valence-electron chi connectivity index (χ2n) is 7.54. The highest BCUT2D eigenvalue weighted by atomic mass is 35.5. The van der Waals surface area contributed by atoms with Crippen LogP contribution in [0.3, 0.4) is 0 Å². The number of halogens is 4. The molecule has 0 atom stereocenters. The first-order chi connectivity index (χ1) is 16.7. The molecule has 35 heavy (non-hydrogen) atoms. The number of carbonyl (C=O) groups is 2. The summed E-state index contributed by atoms with van der Waals surface area (Å²) in [6, 6.07) is 16.3. The van der Waals surface area contributed by atoms with E-state index in [1.165, 1.54) is 23.1 Å². The van der Waals surface area contributed by atoms with Crippen LogP contribution in [0.15, 0.2) is 71.4 Å². The van der Waals surface area contributed by atoms with Gasteiger partial charge in [0, 0.05) is 5.69 Å². The van der Waals surface area contributed by atoms with Crippen LogP contribution < -0.4 is 10.2 Å². The van der Waals surface area contributed by atoms with Gasteiger partial charge in [-0.15, -0.1) is 0 Å². The molecule has 1 N–H and O–H groups in total. The minimum atomic E-state index is -0.576. The van der Waals surface area contributed by atoms with Gasteiger partial charge in [0.2, 0.25) is 5.91 Å². The summed E-state index contributed by atoms with van der Waals surface area (Å²) < 4.78 is 13.4. The number of nitrogens with zero attached hydrogens (tertiary/aromatic N) is 2. The van der Waals surface area contributed by atoms with Crippen molar-refractivity contribution in [2.24, 2.45) is 4.99 Å². The van der Waals surface area contributed by atoms with Gasteiger partial charge >= 0.3 is 0 Å². The molecule has 1 heterocycles. The van der Waals surface area contributed by atoms with Crippen molar-refractivity contribution in [2.75, 3.05) is 16.0 Å². The number of anilines is 2. The third-order valence-electron chi connectivity index (χ3n) is 4.90. The van der Waals surface area contributed by atoms with E-state index in [2.05, 4.69) is 10.3 Å². The zero-order chi connectivity index (χ0) is 25.1. The van der Waals surface area contributed by atoms with Crippen LogP contribution in [0.4, 0.5) is 15.8 Å². The maximum Gasteiger partial charge on any atom is 0.283 e. The molecule has 0 aromatic heterocycles. The molecule has 178 valence electrons. The van der Waals surface area contributed by atoms with Gasteiger partial charge in [-0.1, -0.05) is 70.3 Å². The second kappa shape index (κ2) is 10.8. The molecule has 3 aromatic rings. The van der Waals surface area contributed by atoms with E-state index in [0.29, 0.717) is 32.2 Å². The lowest BCUT2D eigenvalue weighted by atomic mass is 10.2. The number of amidine groups is 1. The zero-order valence-electron chi connectivity index (χ0n) is 18.2. The highest BCUT2D eigenvalue weighted by molar-refractivity contribution is 8.14. The Labute approximate surface area is 220 Å². The largest absolute Gasteiger partial charge is 0.325 e. The van der Waals surface area contributed by atoms with Gasteiger partial charge in [-0.25, -0.2) is 9.38 Å². The van der Waals surface area contributed by atoms with E-state index < -0.39 is 5.82 Å². The summed E-state index contributed by atoms with van der Waals surface area (Å²) >= 11 is 19.0. The molecule has 2 amide bonds. The lowest BCUT2D eigenvalue weighted by Gasteiger charge is -2.18. The fourth-order valence-electron chi connectivity index (χ4n) is 3.18. The van der Waals surface area contributed by atoms with Gasteiger partial charge in [-0.3, -0.25) is 14.5 Å². The minimum absolute atomic E-state index is 0.0382. The molecule has 0 radical (unpaired) electrons. The first kappa shape index (κ1) is 25.3. The van der Waals surface area contributed by atoms with E-state index in [-0.39, 0.29) is 28.3 Å². The van der Waals surface area contributed by atoms with Crippen LogP contribution in [0.25, 0.3) is 6.08 Å². The van der Waals surface area contributed by atoms with E-state index in [4.69, 9.17) is 34.8 Å². The Kier molecular flexibility index (Phi) is 7.82. The lowest BCUT2D eigenvalue weighted by Crippen LogP contribution is -2.31. The Bertz CT molecular complexity index is 1380. The van der Waals surface area contributed by atoms with E-state index in [1.54, 1.807) is 24.3 Å². The number of amides is 2. The number of carbonyl (C=O) groups excluding carboxylic acids is 2. The van der Waals surface area contributed by atoms with Gasteiger partial charge in [0.15, 0.2) is 5.17 Å². The molecule has 5 nitrogen and oxygen atoms in total. The molecule has 0 bridgehead atoms. The molecular weight excluding hydrogens is 532 g/mol. The van der Waals surface area contributed by atoms with Crippen molar-refractivity contribution in [1.82, 2.24) is 0 Å². The number of benzene rings is 3. The van der Waals surface area contributed by atoms with Crippen molar-refractivity contribution in [1.29, 1.82) is 0 Å². The Balaban J connectivity index is 1.57.